The fourth-order valence-corrected chi connectivity index (χ4v) is 2.69. The summed E-state index contributed by atoms with van der Waals surface area (Å²) >= 11 is 0. The van der Waals surface area contributed by atoms with Crippen molar-refractivity contribution in [1.82, 2.24) is 20.9 Å². The molecule has 1 aliphatic carbocycles. The van der Waals surface area contributed by atoms with Gasteiger partial charge in [-0.1, -0.05) is 0 Å². The minimum absolute atomic E-state index is 0. The van der Waals surface area contributed by atoms with E-state index in [4.69, 9.17) is 4.74 Å². The van der Waals surface area contributed by atoms with Gasteiger partial charge >= 0.3 is 6.09 Å². The number of likely N-dealkylation sites (N-methyl/N-ethyl adjacent to an activating group) is 1. The first kappa shape index (κ1) is 26.2. The molecule has 0 spiro atoms. The van der Waals surface area contributed by atoms with E-state index >= 15 is 0 Å². The molecule has 1 aliphatic rings. The Labute approximate surface area is 182 Å². The molecule has 27 heavy (non-hydrogen) atoms. The second-order valence-corrected chi connectivity index (χ2v) is 8.96. The molecule has 1 unspecified atom stereocenters. The van der Waals surface area contributed by atoms with E-state index in [0.29, 0.717) is 12.6 Å². The van der Waals surface area contributed by atoms with Crippen LogP contribution in [0.3, 0.4) is 0 Å². The first-order valence-electron chi connectivity index (χ1n) is 9.63. The Hall–Kier alpha value is -0.770. The molecule has 0 heterocycles. The molecule has 1 amide bonds. The summed E-state index contributed by atoms with van der Waals surface area (Å²) in [5.41, 5.74) is -1.01. The van der Waals surface area contributed by atoms with Crippen molar-refractivity contribution in [3.63, 3.8) is 0 Å². The zero-order chi connectivity index (χ0) is 20.0. The van der Waals surface area contributed by atoms with E-state index in [9.17, 15) is 4.79 Å². The number of aliphatic imine (C=N–C) groups is 1. The van der Waals surface area contributed by atoms with E-state index in [1.54, 1.807) is 0 Å². The van der Waals surface area contributed by atoms with Gasteiger partial charge in [0.15, 0.2) is 5.96 Å². The SMILES string of the molecule is CCNC(=NCC(C)(C)NC(=O)OC(C)(C)C)NCC(C1CC1)N(C)C.I. The number of rotatable bonds is 8. The summed E-state index contributed by atoms with van der Waals surface area (Å²) < 4.78 is 5.33. The number of alkyl carbamates (subject to hydrolysis) is 1. The standard InChI is InChI=1S/C19H39N5O2.HI/c1-9-20-16(21-12-15(24(7)8)14-10-11-14)22-13-19(5,6)23-17(25)26-18(2,3)4;/h14-15H,9-13H2,1-8H3,(H,23,25)(H2,20,21,22);1H. The Kier molecular flexibility index (Phi) is 11.0. The lowest BCUT2D eigenvalue weighted by Gasteiger charge is -2.28. The Balaban J connectivity index is 0.00000676. The van der Waals surface area contributed by atoms with Crippen molar-refractivity contribution in [3.8, 4) is 0 Å². The van der Waals surface area contributed by atoms with Crippen LogP contribution in [0.5, 0.6) is 0 Å². The van der Waals surface area contributed by atoms with Gasteiger partial charge in [0.1, 0.15) is 5.60 Å². The molecule has 7 nitrogen and oxygen atoms in total. The van der Waals surface area contributed by atoms with Gasteiger partial charge in [0.05, 0.1) is 12.1 Å². The highest BCUT2D eigenvalue weighted by molar-refractivity contribution is 14.0. The van der Waals surface area contributed by atoms with Crippen LogP contribution in [0, 0.1) is 5.92 Å². The van der Waals surface area contributed by atoms with Crippen LogP contribution >= 0.6 is 24.0 Å². The molecule has 0 bridgehead atoms. The summed E-state index contributed by atoms with van der Waals surface area (Å²) in [6.07, 6.45) is 2.20. The molecule has 0 radical (unpaired) electrons. The number of hydrogen-bond donors (Lipinski definition) is 3. The number of nitrogens with zero attached hydrogens (tertiary/aromatic N) is 2. The number of ether oxygens (including phenoxy) is 1. The van der Waals surface area contributed by atoms with Crippen LogP contribution in [-0.2, 0) is 4.74 Å². The zero-order valence-electron chi connectivity index (χ0n) is 18.3. The summed E-state index contributed by atoms with van der Waals surface area (Å²) in [6.45, 7) is 13.6. The van der Waals surface area contributed by atoms with Gasteiger partial charge in [-0.3, -0.25) is 4.99 Å². The molecule has 1 saturated carbocycles. The van der Waals surface area contributed by atoms with Crippen molar-refractivity contribution >= 4 is 36.0 Å². The first-order chi connectivity index (χ1) is 11.9. The monoisotopic (exact) mass is 497 g/mol. The Morgan fingerprint density at radius 3 is 2.22 bits per heavy atom. The molecule has 0 aromatic rings. The Bertz CT molecular complexity index is 483. The largest absolute Gasteiger partial charge is 0.444 e. The number of nitrogens with one attached hydrogen (secondary N) is 3. The van der Waals surface area contributed by atoms with E-state index in [-0.39, 0.29) is 24.0 Å². The van der Waals surface area contributed by atoms with Gasteiger partial charge in [-0.15, -0.1) is 24.0 Å². The van der Waals surface area contributed by atoms with E-state index in [1.807, 2.05) is 41.5 Å². The number of amides is 1. The van der Waals surface area contributed by atoms with Gasteiger partial charge in [-0.2, -0.15) is 0 Å². The normalized spacial score (nSPS) is 16.4. The fraction of sp³-hybridized carbons (Fsp3) is 0.895. The molecule has 1 atom stereocenters. The van der Waals surface area contributed by atoms with Crippen molar-refractivity contribution in [1.29, 1.82) is 0 Å². The first-order valence-corrected chi connectivity index (χ1v) is 9.63. The minimum atomic E-state index is -0.510. The summed E-state index contributed by atoms with van der Waals surface area (Å²) in [6, 6.07) is 0.520. The molecule has 0 saturated heterocycles. The lowest BCUT2D eigenvalue weighted by molar-refractivity contribution is 0.0476. The van der Waals surface area contributed by atoms with E-state index < -0.39 is 17.2 Å². The molecule has 0 aliphatic heterocycles. The predicted octanol–water partition coefficient (Wildman–Crippen LogP) is 2.80. The van der Waals surface area contributed by atoms with Crippen molar-refractivity contribution in [2.75, 3.05) is 33.7 Å². The van der Waals surface area contributed by atoms with Gasteiger partial charge in [0, 0.05) is 19.1 Å². The van der Waals surface area contributed by atoms with Crippen LogP contribution in [0.4, 0.5) is 4.79 Å². The summed E-state index contributed by atoms with van der Waals surface area (Å²) in [7, 11) is 4.26. The average molecular weight is 497 g/mol. The zero-order valence-corrected chi connectivity index (χ0v) is 20.6. The van der Waals surface area contributed by atoms with Crippen LogP contribution in [0.1, 0.15) is 54.4 Å². The van der Waals surface area contributed by atoms with Gasteiger partial charge < -0.3 is 25.6 Å². The van der Waals surface area contributed by atoms with Gasteiger partial charge in [-0.25, -0.2) is 4.79 Å². The number of halogens is 1. The number of carbonyl (C=O) groups excluding carboxylic acids is 1. The van der Waals surface area contributed by atoms with Crippen molar-refractivity contribution in [3.05, 3.63) is 0 Å². The van der Waals surface area contributed by atoms with E-state index in [1.165, 1.54) is 12.8 Å². The van der Waals surface area contributed by atoms with E-state index in [0.717, 1.165) is 25.0 Å². The van der Waals surface area contributed by atoms with Gasteiger partial charge in [-0.05, 0) is 74.4 Å². The number of hydrogen-bond acceptors (Lipinski definition) is 4. The second-order valence-electron chi connectivity index (χ2n) is 8.96. The van der Waals surface area contributed by atoms with Crippen molar-refractivity contribution < 1.29 is 9.53 Å². The average Bonchev–Trinajstić information content (AvgIpc) is 3.26. The molecule has 1 fully saturated rings. The van der Waals surface area contributed by atoms with Crippen LogP contribution in [-0.4, -0.2) is 67.9 Å². The Morgan fingerprint density at radius 1 is 1.19 bits per heavy atom. The highest BCUT2D eigenvalue weighted by Gasteiger charge is 2.32. The van der Waals surface area contributed by atoms with Gasteiger partial charge in [0.2, 0.25) is 0 Å². The summed E-state index contributed by atoms with van der Waals surface area (Å²) in [5, 5.41) is 9.61. The van der Waals surface area contributed by atoms with Gasteiger partial charge in [0.25, 0.3) is 0 Å². The maximum Gasteiger partial charge on any atom is 0.408 e. The quantitative estimate of drug-likeness (QED) is 0.273. The second kappa shape index (κ2) is 11.3. The van der Waals surface area contributed by atoms with Crippen molar-refractivity contribution in [2.24, 2.45) is 10.9 Å². The van der Waals surface area contributed by atoms with Crippen molar-refractivity contribution in [2.45, 2.75) is 71.6 Å². The Morgan fingerprint density at radius 2 is 1.78 bits per heavy atom. The number of guanidine groups is 1. The molecule has 0 aromatic heterocycles. The van der Waals surface area contributed by atoms with Crippen LogP contribution < -0.4 is 16.0 Å². The molecule has 0 aromatic carbocycles. The topological polar surface area (TPSA) is 78.0 Å². The highest BCUT2D eigenvalue weighted by Crippen LogP contribution is 2.34. The molecule has 3 N–H and O–H groups in total. The third-order valence-corrected chi connectivity index (χ3v) is 4.12. The molecular formula is C19H40IN5O2. The smallest absolute Gasteiger partial charge is 0.408 e. The van der Waals surface area contributed by atoms with Crippen LogP contribution in [0.25, 0.3) is 0 Å². The predicted molar refractivity (Wildman–Crippen MR) is 123 cm³/mol. The molecule has 160 valence electrons. The maximum atomic E-state index is 12.0. The molecule has 1 rings (SSSR count). The summed E-state index contributed by atoms with van der Waals surface area (Å²) in [5.74, 6) is 1.56. The fourth-order valence-electron chi connectivity index (χ4n) is 2.69. The lowest BCUT2D eigenvalue weighted by Crippen LogP contribution is -2.49. The lowest BCUT2D eigenvalue weighted by atomic mass is 10.1. The molecule has 8 heteroatoms. The third-order valence-electron chi connectivity index (χ3n) is 4.12. The van der Waals surface area contributed by atoms with Crippen LogP contribution in [0.2, 0.25) is 0 Å². The third kappa shape index (κ3) is 11.6. The molecular weight excluding hydrogens is 457 g/mol. The highest BCUT2D eigenvalue weighted by atomic mass is 127. The maximum absolute atomic E-state index is 12.0. The van der Waals surface area contributed by atoms with E-state index in [2.05, 4.69) is 39.9 Å². The number of carbonyl (C=O) groups is 1. The van der Waals surface area contributed by atoms with Crippen LogP contribution in [0.15, 0.2) is 4.99 Å². The summed E-state index contributed by atoms with van der Waals surface area (Å²) in [4.78, 5) is 18.9. The minimum Gasteiger partial charge on any atom is -0.444 e.